The van der Waals surface area contributed by atoms with Gasteiger partial charge in [0.1, 0.15) is 12.4 Å². The van der Waals surface area contributed by atoms with E-state index in [1.807, 2.05) is 60.7 Å². The minimum atomic E-state index is -0.961. The van der Waals surface area contributed by atoms with Gasteiger partial charge in [-0.2, -0.15) is 5.26 Å². The molecule has 0 atom stereocenters. The fourth-order valence-electron chi connectivity index (χ4n) is 2.62. The molecule has 0 aliphatic carbocycles. The van der Waals surface area contributed by atoms with Crippen LogP contribution in [0.15, 0.2) is 77.3 Å². The zero-order valence-corrected chi connectivity index (χ0v) is 16.4. The molecule has 4 nitrogen and oxygen atoms in total. The molecule has 0 fully saturated rings. The van der Waals surface area contributed by atoms with Gasteiger partial charge >= 0.3 is 5.97 Å². The van der Waals surface area contributed by atoms with Crippen LogP contribution in [-0.4, -0.2) is 11.1 Å². The number of nitrogens with zero attached hydrogens (tertiary/aromatic N) is 1. The molecule has 3 aromatic carbocycles. The van der Waals surface area contributed by atoms with E-state index >= 15 is 0 Å². The number of aromatic carboxylic acids is 1. The third-order valence-electron chi connectivity index (χ3n) is 4.03. The van der Waals surface area contributed by atoms with Crippen LogP contribution in [0.1, 0.15) is 27.0 Å². The van der Waals surface area contributed by atoms with Gasteiger partial charge in [-0.1, -0.05) is 52.3 Å². The summed E-state index contributed by atoms with van der Waals surface area (Å²) in [6.45, 7) is 0.276. The number of ether oxygens (including phenoxy) is 1. The molecular formula is C23H16BrNO3. The van der Waals surface area contributed by atoms with Crippen molar-refractivity contribution in [1.82, 2.24) is 0 Å². The molecule has 0 aliphatic heterocycles. The lowest BCUT2D eigenvalue weighted by Crippen LogP contribution is -2.00. The lowest BCUT2D eigenvalue weighted by molar-refractivity contribution is 0.0696. The zero-order chi connectivity index (χ0) is 19.9. The summed E-state index contributed by atoms with van der Waals surface area (Å²) in [5.74, 6) is -0.296. The van der Waals surface area contributed by atoms with Crippen LogP contribution in [0.25, 0.3) is 11.6 Å². The van der Waals surface area contributed by atoms with Crippen LogP contribution in [0.3, 0.4) is 0 Å². The first-order valence-corrected chi connectivity index (χ1v) is 9.27. The number of halogens is 1. The molecule has 0 saturated heterocycles. The van der Waals surface area contributed by atoms with Crippen LogP contribution >= 0.6 is 15.9 Å². The Hall–Kier alpha value is -3.36. The molecule has 1 N–H and O–H groups in total. The van der Waals surface area contributed by atoms with E-state index in [4.69, 9.17) is 9.84 Å². The summed E-state index contributed by atoms with van der Waals surface area (Å²) in [5, 5.41) is 18.5. The van der Waals surface area contributed by atoms with Gasteiger partial charge in [0.2, 0.25) is 0 Å². The average Bonchev–Trinajstić information content (AvgIpc) is 2.71. The van der Waals surface area contributed by atoms with Gasteiger partial charge in [-0.3, -0.25) is 0 Å². The van der Waals surface area contributed by atoms with Crippen LogP contribution in [0.5, 0.6) is 5.75 Å². The molecule has 3 aromatic rings. The Morgan fingerprint density at radius 3 is 2.43 bits per heavy atom. The lowest BCUT2D eigenvalue weighted by Gasteiger charge is -2.07. The highest BCUT2D eigenvalue weighted by molar-refractivity contribution is 9.10. The molecule has 0 aromatic heterocycles. The summed E-state index contributed by atoms with van der Waals surface area (Å²) in [6, 6.07) is 23.9. The Morgan fingerprint density at radius 2 is 1.75 bits per heavy atom. The highest BCUT2D eigenvalue weighted by Crippen LogP contribution is 2.22. The van der Waals surface area contributed by atoms with Crippen LogP contribution in [0, 0.1) is 11.3 Å². The van der Waals surface area contributed by atoms with Crippen LogP contribution in [0.4, 0.5) is 0 Å². The second-order valence-electron chi connectivity index (χ2n) is 6.04. The maximum absolute atomic E-state index is 11.0. The normalized spacial score (nSPS) is 10.9. The molecule has 0 saturated carbocycles. The number of allylic oxidation sites excluding steroid dienone is 1. The third-order valence-corrected chi connectivity index (χ3v) is 4.52. The Kier molecular flexibility index (Phi) is 6.25. The fraction of sp³-hybridized carbons (Fsp3) is 0.0435. The van der Waals surface area contributed by atoms with Gasteiger partial charge in [0.05, 0.1) is 17.2 Å². The van der Waals surface area contributed by atoms with Gasteiger partial charge in [0, 0.05) is 4.47 Å². The maximum Gasteiger partial charge on any atom is 0.335 e. The summed E-state index contributed by atoms with van der Waals surface area (Å²) >= 11 is 3.42. The van der Waals surface area contributed by atoms with Crippen molar-refractivity contribution >= 4 is 33.5 Å². The van der Waals surface area contributed by atoms with E-state index in [9.17, 15) is 10.1 Å². The molecule has 0 unspecified atom stereocenters. The van der Waals surface area contributed by atoms with E-state index in [1.165, 1.54) is 0 Å². The minimum absolute atomic E-state index is 0.234. The van der Waals surface area contributed by atoms with Gasteiger partial charge in [-0.15, -0.1) is 0 Å². The predicted molar refractivity (Wildman–Crippen MR) is 112 cm³/mol. The first-order valence-electron chi connectivity index (χ1n) is 8.48. The predicted octanol–water partition coefficient (Wildman–Crippen LogP) is 5.79. The van der Waals surface area contributed by atoms with Crippen LogP contribution < -0.4 is 4.74 Å². The molecule has 0 bridgehead atoms. The Morgan fingerprint density at radius 1 is 1.04 bits per heavy atom. The van der Waals surface area contributed by atoms with Crippen molar-refractivity contribution < 1.29 is 14.6 Å². The third kappa shape index (κ3) is 5.09. The smallest absolute Gasteiger partial charge is 0.335 e. The van der Waals surface area contributed by atoms with Crippen molar-refractivity contribution in [3.8, 4) is 11.8 Å². The Balaban J connectivity index is 1.70. The number of benzene rings is 3. The van der Waals surface area contributed by atoms with E-state index in [0.29, 0.717) is 11.3 Å². The SMILES string of the molecule is N#C/C(=C/c1ccc(OCc2cccc(C(=O)O)c2)cc1)c1cccc(Br)c1. The maximum atomic E-state index is 11.0. The Bertz CT molecular complexity index is 1070. The monoisotopic (exact) mass is 433 g/mol. The summed E-state index contributed by atoms with van der Waals surface area (Å²) in [6.07, 6.45) is 1.82. The van der Waals surface area contributed by atoms with Gasteiger partial charge in [-0.05, 0) is 59.2 Å². The van der Waals surface area contributed by atoms with Crippen molar-refractivity contribution in [1.29, 1.82) is 5.26 Å². The van der Waals surface area contributed by atoms with E-state index in [1.54, 1.807) is 18.2 Å². The topological polar surface area (TPSA) is 70.3 Å². The fourth-order valence-corrected chi connectivity index (χ4v) is 3.02. The van der Waals surface area contributed by atoms with Gasteiger partial charge in [0.25, 0.3) is 0 Å². The van der Waals surface area contributed by atoms with Crippen LogP contribution in [0.2, 0.25) is 0 Å². The largest absolute Gasteiger partial charge is 0.489 e. The number of hydrogen-bond donors (Lipinski definition) is 1. The van der Waals surface area contributed by atoms with Gasteiger partial charge < -0.3 is 9.84 Å². The Labute approximate surface area is 171 Å². The number of carboxylic acid groups (broad SMARTS) is 1. The van der Waals surface area contributed by atoms with Gasteiger partial charge in [0.15, 0.2) is 0 Å². The van der Waals surface area contributed by atoms with E-state index in [2.05, 4.69) is 22.0 Å². The highest BCUT2D eigenvalue weighted by Gasteiger charge is 2.05. The number of carboxylic acids is 1. The first-order chi connectivity index (χ1) is 13.5. The molecule has 3 rings (SSSR count). The molecule has 28 heavy (non-hydrogen) atoms. The number of rotatable bonds is 6. The van der Waals surface area contributed by atoms with Crippen molar-refractivity contribution in [2.75, 3.05) is 0 Å². The van der Waals surface area contributed by atoms with Crippen LogP contribution in [-0.2, 0) is 6.61 Å². The lowest BCUT2D eigenvalue weighted by atomic mass is 10.0. The number of carbonyl (C=O) groups is 1. The second-order valence-corrected chi connectivity index (χ2v) is 6.96. The zero-order valence-electron chi connectivity index (χ0n) is 14.8. The molecule has 5 heteroatoms. The standard InChI is InChI=1S/C23H16BrNO3/c24-21-6-2-4-18(13-21)20(14-25)11-16-7-9-22(10-8-16)28-15-17-3-1-5-19(12-17)23(26)27/h1-13H,15H2,(H,26,27)/b20-11-. The summed E-state index contributed by atoms with van der Waals surface area (Å²) < 4.78 is 6.65. The molecule has 138 valence electrons. The van der Waals surface area contributed by atoms with Crippen molar-refractivity contribution in [3.63, 3.8) is 0 Å². The summed E-state index contributed by atoms with van der Waals surface area (Å²) in [5.41, 5.74) is 3.32. The first kappa shape index (κ1) is 19.4. The molecule has 0 radical (unpaired) electrons. The molecule has 0 amide bonds. The number of hydrogen-bond acceptors (Lipinski definition) is 3. The van der Waals surface area contributed by atoms with Crippen molar-refractivity contribution in [3.05, 3.63) is 99.5 Å². The second kappa shape index (κ2) is 9.03. The minimum Gasteiger partial charge on any atom is -0.489 e. The highest BCUT2D eigenvalue weighted by atomic mass is 79.9. The summed E-state index contributed by atoms with van der Waals surface area (Å²) in [7, 11) is 0. The number of nitriles is 1. The van der Waals surface area contributed by atoms with E-state index in [0.717, 1.165) is 21.2 Å². The summed E-state index contributed by atoms with van der Waals surface area (Å²) in [4.78, 5) is 11.0. The molecular weight excluding hydrogens is 418 g/mol. The molecule has 0 spiro atoms. The van der Waals surface area contributed by atoms with Crippen molar-refractivity contribution in [2.45, 2.75) is 6.61 Å². The van der Waals surface area contributed by atoms with E-state index < -0.39 is 5.97 Å². The van der Waals surface area contributed by atoms with E-state index in [-0.39, 0.29) is 12.2 Å². The quantitative estimate of drug-likeness (QED) is 0.394. The molecule has 0 heterocycles. The van der Waals surface area contributed by atoms with Crippen molar-refractivity contribution in [2.24, 2.45) is 0 Å². The average molecular weight is 434 g/mol. The molecule has 0 aliphatic rings. The van der Waals surface area contributed by atoms with Gasteiger partial charge in [-0.25, -0.2) is 4.79 Å².